The first kappa shape index (κ1) is 16.3. The van der Waals surface area contributed by atoms with Gasteiger partial charge in [0, 0.05) is 30.1 Å². The normalized spacial score (nSPS) is 49.5. The number of fused-ring (bicyclic) bond motifs is 5. The van der Waals surface area contributed by atoms with Crippen molar-refractivity contribution in [2.24, 2.45) is 39.7 Å². The number of carbonyl (C=O) groups excluding carboxylic acids is 2. The Morgan fingerprint density at radius 2 is 1.88 bits per heavy atom. The molecule has 0 aromatic carbocycles. The van der Waals surface area contributed by atoms with Crippen LogP contribution in [-0.2, 0) is 14.4 Å². The lowest BCUT2D eigenvalue weighted by molar-refractivity contribution is -0.135. The molecule has 4 fully saturated rings. The van der Waals surface area contributed by atoms with Crippen LogP contribution in [0, 0.1) is 34.5 Å². The fourth-order valence-corrected chi connectivity index (χ4v) is 6.93. The van der Waals surface area contributed by atoms with Gasteiger partial charge in [-0.05, 0) is 55.8 Å². The van der Waals surface area contributed by atoms with E-state index in [9.17, 15) is 9.59 Å². The van der Waals surface area contributed by atoms with E-state index in [1.54, 1.807) is 7.11 Å². The van der Waals surface area contributed by atoms with Gasteiger partial charge in [-0.1, -0.05) is 19.0 Å². The number of hydrogen-bond acceptors (Lipinski definition) is 4. The Bertz CT molecular complexity index is 612. The Labute approximate surface area is 144 Å². The number of hydrogen-bond donors (Lipinski definition) is 0. The quantitative estimate of drug-likeness (QED) is 0.687. The van der Waals surface area contributed by atoms with Crippen molar-refractivity contribution in [2.75, 3.05) is 7.11 Å². The van der Waals surface area contributed by atoms with Gasteiger partial charge < -0.3 is 4.84 Å². The topological polar surface area (TPSA) is 55.7 Å². The molecular formula is C20H29NO3. The van der Waals surface area contributed by atoms with Crippen molar-refractivity contribution >= 4 is 17.3 Å². The zero-order valence-electron chi connectivity index (χ0n) is 15.1. The molecule has 6 atom stereocenters. The third-order valence-corrected chi connectivity index (χ3v) is 8.27. The molecule has 0 aromatic rings. The second kappa shape index (κ2) is 5.40. The molecule has 0 heterocycles. The molecule has 0 bridgehead atoms. The lowest BCUT2D eigenvalue weighted by atomic mass is 9.45. The lowest BCUT2D eigenvalue weighted by Gasteiger charge is -2.59. The number of nitrogens with zero attached hydrogens (tertiary/aromatic N) is 1. The van der Waals surface area contributed by atoms with Crippen LogP contribution in [0.25, 0.3) is 0 Å². The number of rotatable bonds is 1. The third-order valence-electron chi connectivity index (χ3n) is 8.27. The highest BCUT2D eigenvalue weighted by Crippen LogP contribution is 2.64. The molecule has 0 aromatic heterocycles. The van der Waals surface area contributed by atoms with Crippen LogP contribution in [0.15, 0.2) is 5.16 Å². The first-order valence-electron chi connectivity index (χ1n) is 9.56. The summed E-state index contributed by atoms with van der Waals surface area (Å²) in [5, 5.41) is 4.33. The second-order valence-electron chi connectivity index (χ2n) is 8.99. The van der Waals surface area contributed by atoms with E-state index >= 15 is 0 Å². The molecule has 0 amide bonds. The molecule has 0 saturated heterocycles. The average molecular weight is 331 g/mol. The van der Waals surface area contributed by atoms with Crippen LogP contribution in [-0.4, -0.2) is 24.4 Å². The average Bonchev–Trinajstić information content (AvgIpc) is 2.84. The summed E-state index contributed by atoms with van der Waals surface area (Å²) in [6, 6.07) is 0. The van der Waals surface area contributed by atoms with Crippen molar-refractivity contribution in [3.63, 3.8) is 0 Å². The zero-order chi connectivity index (χ0) is 17.1. The maximum absolute atomic E-state index is 12.5. The van der Waals surface area contributed by atoms with Gasteiger partial charge in [-0.3, -0.25) is 9.59 Å². The molecule has 4 rings (SSSR count). The van der Waals surface area contributed by atoms with Crippen molar-refractivity contribution in [2.45, 2.75) is 65.2 Å². The van der Waals surface area contributed by atoms with E-state index in [-0.39, 0.29) is 10.8 Å². The second-order valence-corrected chi connectivity index (χ2v) is 8.99. The van der Waals surface area contributed by atoms with E-state index < -0.39 is 0 Å². The molecular weight excluding hydrogens is 302 g/mol. The number of oxime groups is 1. The third kappa shape index (κ3) is 2.01. The molecule has 4 heteroatoms. The number of carbonyl (C=O) groups is 2. The minimum atomic E-state index is -0.0899. The van der Waals surface area contributed by atoms with E-state index in [1.807, 2.05) is 0 Å². The summed E-state index contributed by atoms with van der Waals surface area (Å²) in [6.07, 6.45) is 7.34. The molecule has 4 nitrogen and oxygen atoms in total. The highest BCUT2D eigenvalue weighted by atomic mass is 16.6. The Balaban J connectivity index is 1.72. The van der Waals surface area contributed by atoms with Crippen molar-refractivity contribution in [1.82, 2.24) is 0 Å². The highest BCUT2D eigenvalue weighted by molar-refractivity contribution is 6.07. The SMILES string of the molecule is CO/N=C1\CC(=O)CC2CC[C@@H]3[C@H](CC[C@]4(C)C(=O)CC[C@@H]34)[C@@]12C. The summed E-state index contributed by atoms with van der Waals surface area (Å²) < 4.78 is 0. The molecule has 4 aliphatic carbocycles. The predicted octanol–water partition coefficient (Wildman–Crippen LogP) is 3.78. The maximum atomic E-state index is 12.5. The first-order chi connectivity index (χ1) is 11.4. The van der Waals surface area contributed by atoms with E-state index in [1.165, 1.54) is 6.42 Å². The standard InChI is InChI=1S/C20H29NO3/c1-19-9-8-16-14(15(19)6-7-18(19)23)5-4-12-10-13(22)11-17(21-24-3)20(12,16)2/h12,14-16H,4-11H2,1-3H3/b21-17+/t12?,14-,15-,16-,19-,20-/m0/s1. The molecule has 0 radical (unpaired) electrons. The lowest BCUT2D eigenvalue weighted by Crippen LogP contribution is -2.57. The fraction of sp³-hybridized carbons (Fsp3) is 0.850. The maximum Gasteiger partial charge on any atom is 0.139 e. The summed E-state index contributed by atoms with van der Waals surface area (Å²) in [7, 11) is 1.58. The van der Waals surface area contributed by atoms with Crippen molar-refractivity contribution in [3.8, 4) is 0 Å². The summed E-state index contributed by atoms with van der Waals surface area (Å²) in [5.41, 5.74) is 0.849. The van der Waals surface area contributed by atoms with Gasteiger partial charge in [0.1, 0.15) is 18.7 Å². The summed E-state index contributed by atoms with van der Waals surface area (Å²) in [4.78, 5) is 29.8. The van der Waals surface area contributed by atoms with Gasteiger partial charge in [0.2, 0.25) is 0 Å². The molecule has 0 aliphatic heterocycles. The minimum Gasteiger partial charge on any atom is -0.399 e. The van der Waals surface area contributed by atoms with E-state index in [0.717, 1.165) is 37.8 Å². The molecule has 132 valence electrons. The fourth-order valence-electron chi connectivity index (χ4n) is 6.93. The van der Waals surface area contributed by atoms with Gasteiger partial charge in [-0.2, -0.15) is 0 Å². The predicted molar refractivity (Wildman–Crippen MR) is 91.6 cm³/mol. The van der Waals surface area contributed by atoms with Crippen molar-refractivity contribution < 1.29 is 14.4 Å². The van der Waals surface area contributed by atoms with Crippen LogP contribution in [0.2, 0.25) is 0 Å². The van der Waals surface area contributed by atoms with Gasteiger partial charge in [-0.15, -0.1) is 0 Å². The van der Waals surface area contributed by atoms with Gasteiger partial charge >= 0.3 is 0 Å². The van der Waals surface area contributed by atoms with Crippen LogP contribution in [0.1, 0.15) is 65.2 Å². The molecule has 1 unspecified atom stereocenters. The molecule has 24 heavy (non-hydrogen) atoms. The molecule has 0 spiro atoms. The first-order valence-corrected chi connectivity index (χ1v) is 9.56. The minimum absolute atomic E-state index is 0.0280. The summed E-state index contributed by atoms with van der Waals surface area (Å²) in [6.45, 7) is 4.55. The van der Waals surface area contributed by atoms with E-state index in [2.05, 4.69) is 19.0 Å². The Morgan fingerprint density at radius 3 is 2.62 bits per heavy atom. The van der Waals surface area contributed by atoms with Crippen LogP contribution in [0.5, 0.6) is 0 Å². The zero-order valence-corrected chi connectivity index (χ0v) is 15.1. The number of ketones is 2. The van der Waals surface area contributed by atoms with Gasteiger partial charge in [0.05, 0.1) is 5.71 Å². The monoisotopic (exact) mass is 331 g/mol. The van der Waals surface area contributed by atoms with Crippen LogP contribution in [0.4, 0.5) is 0 Å². The van der Waals surface area contributed by atoms with Crippen molar-refractivity contribution in [1.29, 1.82) is 0 Å². The summed E-state index contributed by atoms with van der Waals surface area (Å²) in [5.74, 6) is 2.87. The van der Waals surface area contributed by atoms with Gasteiger partial charge in [0.25, 0.3) is 0 Å². The molecule has 0 N–H and O–H groups in total. The van der Waals surface area contributed by atoms with Crippen molar-refractivity contribution in [3.05, 3.63) is 0 Å². The Kier molecular flexibility index (Phi) is 3.67. The summed E-state index contributed by atoms with van der Waals surface area (Å²) >= 11 is 0. The Morgan fingerprint density at radius 1 is 1.08 bits per heavy atom. The van der Waals surface area contributed by atoms with Gasteiger partial charge in [0.15, 0.2) is 0 Å². The smallest absolute Gasteiger partial charge is 0.139 e. The number of Topliss-reactive ketones (excluding diaryl/α,β-unsaturated/α-hetero) is 2. The van der Waals surface area contributed by atoms with Crippen LogP contribution in [0.3, 0.4) is 0 Å². The van der Waals surface area contributed by atoms with E-state index in [0.29, 0.717) is 48.1 Å². The largest absolute Gasteiger partial charge is 0.399 e. The van der Waals surface area contributed by atoms with Gasteiger partial charge in [-0.25, -0.2) is 0 Å². The van der Waals surface area contributed by atoms with Crippen LogP contribution >= 0.6 is 0 Å². The van der Waals surface area contributed by atoms with E-state index in [4.69, 9.17) is 4.84 Å². The highest BCUT2D eigenvalue weighted by Gasteiger charge is 2.62. The Hall–Kier alpha value is -1.19. The van der Waals surface area contributed by atoms with Crippen LogP contribution < -0.4 is 0 Å². The molecule has 4 aliphatic rings. The molecule has 4 saturated carbocycles.